The lowest BCUT2D eigenvalue weighted by atomic mass is 10.1. The van der Waals surface area contributed by atoms with Crippen LogP contribution in [0.4, 0.5) is 0 Å². The first kappa shape index (κ1) is 21.1. The first-order valence-corrected chi connectivity index (χ1v) is 10.6. The summed E-state index contributed by atoms with van der Waals surface area (Å²) in [5.41, 5.74) is 4.16. The lowest BCUT2D eigenvalue weighted by molar-refractivity contribution is 0.0987. The van der Waals surface area contributed by atoms with Gasteiger partial charge in [-0.2, -0.15) is 0 Å². The van der Waals surface area contributed by atoms with Crippen LogP contribution in [0.25, 0.3) is 5.69 Å². The Bertz CT molecular complexity index is 967. The van der Waals surface area contributed by atoms with Gasteiger partial charge in [0, 0.05) is 30.1 Å². The second-order valence-corrected chi connectivity index (χ2v) is 7.93. The van der Waals surface area contributed by atoms with E-state index in [9.17, 15) is 9.90 Å². The van der Waals surface area contributed by atoms with Gasteiger partial charge >= 0.3 is 0 Å². The molecule has 0 bridgehead atoms. The summed E-state index contributed by atoms with van der Waals surface area (Å²) in [4.78, 5) is 16.1. The van der Waals surface area contributed by atoms with Crippen LogP contribution in [0.5, 0.6) is 5.75 Å². The normalized spacial score (nSPS) is 12.0. The zero-order valence-electron chi connectivity index (χ0n) is 17.0. The molecule has 5 nitrogen and oxygen atoms in total. The highest BCUT2D eigenvalue weighted by atomic mass is 32.2. The van der Waals surface area contributed by atoms with Crippen LogP contribution in [0.15, 0.2) is 60.0 Å². The molecular weight excluding hydrogens is 384 g/mol. The lowest BCUT2D eigenvalue weighted by Gasteiger charge is -2.14. The second kappa shape index (κ2) is 9.76. The third kappa shape index (κ3) is 5.49. The number of rotatable bonds is 9. The largest absolute Gasteiger partial charge is 0.491 e. The number of carbonyl (C=O) groups excluding carboxylic acids is 1. The highest BCUT2D eigenvalue weighted by Crippen LogP contribution is 2.24. The summed E-state index contributed by atoms with van der Waals surface area (Å²) < 4.78 is 7.69. The number of aryl methyl sites for hydroxylation is 2. The molecule has 2 aromatic carbocycles. The number of benzene rings is 2. The van der Waals surface area contributed by atoms with Gasteiger partial charge in [-0.3, -0.25) is 9.36 Å². The minimum absolute atomic E-state index is 0.104. The van der Waals surface area contributed by atoms with E-state index in [1.54, 1.807) is 30.5 Å². The van der Waals surface area contributed by atoms with Crippen molar-refractivity contribution in [2.75, 3.05) is 12.4 Å². The van der Waals surface area contributed by atoms with Crippen molar-refractivity contribution in [3.05, 3.63) is 71.5 Å². The van der Waals surface area contributed by atoms with Gasteiger partial charge in [-0.05, 0) is 49.7 Å². The molecule has 29 heavy (non-hydrogen) atoms. The Hall–Kier alpha value is -2.57. The Morgan fingerprint density at radius 1 is 1.21 bits per heavy atom. The Morgan fingerprint density at radius 3 is 2.66 bits per heavy atom. The zero-order chi connectivity index (χ0) is 20.8. The Balaban J connectivity index is 1.54. The fraction of sp³-hybridized carbons (Fsp3) is 0.304. The van der Waals surface area contributed by atoms with Crippen LogP contribution < -0.4 is 4.74 Å². The highest BCUT2D eigenvalue weighted by molar-refractivity contribution is 7.99. The van der Waals surface area contributed by atoms with Gasteiger partial charge in [0.25, 0.3) is 0 Å². The van der Waals surface area contributed by atoms with Gasteiger partial charge in [-0.1, -0.05) is 36.4 Å². The molecule has 0 fully saturated rings. The molecule has 0 saturated carbocycles. The fourth-order valence-electron chi connectivity index (χ4n) is 3.01. The molecule has 0 amide bonds. The predicted molar refractivity (Wildman–Crippen MR) is 116 cm³/mol. The molecule has 1 heterocycles. The predicted octanol–water partition coefficient (Wildman–Crippen LogP) is 4.61. The summed E-state index contributed by atoms with van der Waals surface area (Å²) >= 11 is 1.49. The van der Waals surface area contributed by atoms with Crippen LogP contribution in [0.3, 0.4) is 0 Å². The van der Waals surface area contributed by atoms with Gasteiger partial charge in [0.05, 0.1) is 11.8 Å². The summed E-state index contributed by atoms with van der Waals surface area (Å²) in [6.07, 6.45) is 3.54. The number of carbonyl (C=O) groups is 1. The van der Waals surface area contributed by atoms with Crippen molar-refractivity contribution in [3.8, 4) is 11.4 Å². The van der Waals surface area contributed by atoms with E-state index < -0.39 is 6.10 Å². The summed E-state index contributed by atoms with van der Waals surface area (Å²) in [6.45, 7) is 6.18. The molecule has 0 spiro atoms. The number of aliphatic hydroxyl groups excluding tert-OH is 1. The van der Waals surface area contributed by atoms with Crippen molar-refractivity contribution in [2.45, 2.75) is 38.5 Å². The van der Waals surface area contributed by atoms with Gasteiger partial charge < -0.3 is 9.84 Å². The van der Waals surface area contributed by atoms with E-state index in [1.165, 1.54) is 22.9 Å². The first-order chi connectivity index (χ1) is 14.0. The molecule has 6 heteroatoms. The summed E-state index contributed by atoms with van der Waals surface area (Å²) in [5.74, 6) is 1.21. The molecule has 1 unspecified atom stereocenters. The molecule has 1 aromatic heterocycles. The molecule has 152 valence electrons. The summed E-state index contributed by atoms with van der Waals surface area (Å²) in [7, 11) is 0. The third-order valence-electron chi connectivity index (χ3n) is 4.56. The number of Topliss-reactive ketones (excluding diaryl/α,β-unsaturated/α-hetero) is 1. The van der Waals surface area contributed by atoms with E-state index in [0.29, 0.717) is 23.5 Å². The van der Waals surface area contributed by atoms with Crippen molar-refractivity contribution in [1.82, 2.24) is 9.55 Å². The molecule has 0 radical (unpaired) electrons. The second-order valence-electron chi connectivity index (χ2n) is 6.95. The van der Waals surface area contributed by atoms with Gasteiger partial charge in [0.15, 0.2) is 10.9 Å². The van der Waals surface area contributed by atoms with Crippen molar-refractivity contribution < 1.29 is 14.6 Å². The monoisotopic (exact) mass is 410 g/mol. The fourth-order valence-corrected chi connectivity index (χ4v) is 3.88. The van der Waals surface area contributed by atoms with Crippen molar-refractivity contribution in [1.29, 1.82) is 0 Å². The smallest absolute Gasteiger partial charge is 0.172 e. The zero-order valence-corrected chi connectivity index (χ0v) is 17.8. The Labute approximate surface area is 175 Å². The SMILES string of the molecule is CCC(=O)c1ccc(OCC(O)CSc2nccn2-c2ccc(C)cc2C)cc1. The van der Waals surface area contributed by atoms with Gasteiger partial charge in [0.1, 0.15) is 12.4 Å². The maximum atomic E-state index is 11.7. The van der Waals surface area contributed by atoms with Crippen molar-refractivity contribution in [2.24, 2.45) is 0 Å². The van der Waals surface area contributed by atoms with Gasteiger partial charge in [-0.15, -0.1) is 0 Å². The van der Waals surface area contributed by atoms with Crippen LogP contribution in [0.1, 0.15) is 34.8 Å². The quantitative estimate of drug-likeness (QED) is 0.412. The molecule has 0 aliphatic carbocycles. The molecule has 1 N–H and O–H groups in total. The molecule has 0 saturated heterocycles. The van der Waals surface area contributed by atoms with E-state index in [4.69, 9.17) is 4.74 Å². The first-order valence-electron chi connectivity index (χ1n) is 9.66. The number of ketones is 1. The van der Waals surface area contributed by atoms with Crippen LogP contribution in [-0.2, 0) is 0 Å². The van der Waals surface area contributed by atoms with E-state index in [2.05, 4.69) is 37.0 Å². The van der Waals surface area contributed by atoms with E-state index in [1.807, 2.05) is 17.7 Å². The number of aromatic nitrogens is 2. The minimum atomic E-state index is -0.638. The number of aliphatic hydroxyl groups is 1. The van der Waals surface area contributed by atoms with Crippen LogP contribution in [0.2, 0.25) is 0 Å². The molecule has 0 aliphatic heterocycles. The number of ether oxygens (including phenoxy) is 1. The third-order valence-corrected chi connectivity index (χ3v) is 5.67. The number of nitrogens with zero attached hydrogens (tertiary/aromatic N) is 2. The standard InChI is InChI=1S/C23H26N2O3S/c1-4-22(27)18-6-8-20(9-7-18)28-14-19(26)15-29-23-24-11-12-25(23)21-10-5-16(2)13-17(21)3/h5-13,19,26H,4,14-15H2,1-3H3. The summed E-state index contributed by atoms with van der Waals surface area (Å²) in [6, 6.07) is 13.3. The van der Waals surface area contributed by atoms with Crippen LogP contribution in [-0.4, -0.2) is 38.9 Å². The summed E-state index contributed by atoms with van der Waals surface area (Å²) in [5, 5.41) is 11.1. The number of hydrogen-bond donors (Lipinski definition) is 1. The van der Waals surface area contributed by atoms with Crippen LogP contribution >= 0.6 is 11.8 Å². The highest BCUT2D eigenvalue weighted by Gasteiger charge is 2.12. The van der Waals surface area contributed by atoms with E-state index in [-0.39, 0.29) is 12.4 Å². The van der Waals surface area contributed by atoms with Crippen LogP contribution in [0, 0.1) is 13.8 Å². The molecular formula is C23H26N2O3S. The van der Waals surface area contributed by atoms with Crippen molar-refractivity contribution in [3.63, 3.8) is 0 Å². The number of hydrogen-bond acceptors (Lipinski definition) is 5. The molecule has 1 atom stereocenters. The molecule has 0 aliphatic rings. The molecule has 3 rings (SSSR count). The van der Waals surface area contributed by atoms with Gasteiger partial charge in [0.2, 0.25) is 0 Å². The maximum absolute atomic E-state index is 11.7. The number of imidazole rings is 1. The Kier molecular flexibility index (Phi) is 7.12. The number of thioether (sulfide) groups is 1. The topological polar surface area (TPSA) is 64.3 Å². The van der Waals surface area contributed by atoms with Gasteiger partial charge in [-0.25, -0.2) is 4.98 Å². The average Bonchev–Trinajstić information content (AvgIpc) is 3.18. The average molecular weight is 411 g/mol. The minimum Gasteiger partial charge on any atom is -0.491 e. The lowest BCUT2D eigenvalue weighted by Crippen LogP contribution is -2.20. The molecule has 3 aromatic rings. The van der Waals surface area contributed by atoms with E-state index in [0.717, 1.165) is 10.8 Å². The van der Waals surface area contributed by atoms with E-state index >= 15 is 0 Å². The maximum Gasteiger partial charge on any atom is 0.172 e. The van der Waals surface area contributed by atoms with Crippen molar-refractivity contribution >= 4 is 17.5 Å². The Morgan fingerprint density at radius 2 is 1.97 bits per heavy atom.